The van der Waals surface area contributed by atoms with Crippen molar-refractivity contribution in [2.24, 2.45) is 0 Å². The molecule has 1 amide bonds. The molecule has 3 rings (SSSR count). The summed E-state index contributed by atoms with van der Waals surface area (Å²) in [6.45, 7) is 2.93. The summed E-state index contributed by atoms with van der Waals surface area (Å²) < 4.78 is 6.07. The molecule has 2 aromatic rings. The Hall–Kier alpha value is -2.05. The first kappa shape index (κ1) is 19.7. The highest BCUT2D eigenvalue weighted by Gasteiger charge is 2.27. The van der Waals surface area contributed by atoms with E-state index in [1.165, 1.54) is 5.56 Å². The summed E-state index contributed by atoms with van der Waals surface area (Å²) in [5.74, 6) is 0.475. The zero-order chi connectivity index (χ0) is 19.4. The lowest BCUT2D eigenvalue weighted by Crippen LogP contribution is -2.45. The van der Waals surface area contributed by atoms with Gasteiger partial charge in [0.25, 0.3) is 5.91 Å². The van der Waals surface area contributed by atoms with Crippen molar-refractivity contribution in [1.29, 1.82) is 0 Å². The number of carbonyl (C=O) groups is 1. The second kappa shape index (κ2) is 8.76. The maximum atomic E-state index is 13.0. The van der Waals surface area contributed by atoms with Gasteiger partial charge in [0.2, 0.25) is 0 Å². The molecular formula is C21H26BrN3O2. The highest BCUT2D eigenvalue weighted by atomic mass is 79.9. The molecule has 5 nitrogen and oxygen atoms in total. The second-order valence-electron chi connectivity index (χ2n) is 6.98. The summed E-state index contributed by atoms with van der Waals surface area (Å²) in [6, 6.07) is 14.2. The molecule has 0 radical (unpaired) electrons. The van der Waals surface area contributed by atoms with E-state index >= 15 is 0 Å². The minimum Gasteiger partial charge on any atom is -0.496 e. The average molecular weight is 432 g/mol. The summed E-state index contributed by atoms with van der Waals surface area (Å²) in [6.07, 6.45) is 1.93. The van der Waals surface area contributed by atoms with Crippen LogP contribution in [0.2, 0.25) is 0 Å². The number of likely N-dealkylation sites (tertiary alicyclic amines) is 1. The van der Waals surface area contributed by atoms with Gasteiger partial charge in [-0.15, -0.1) is 0 Å². The zero-order valence-electron chi connectivity index (χ0n) is 15.8. The molecule has 0 bridgehead atoms. The van der Waals surface area contributed by atoms with Gasteiger partial charge in [0, 0.05) is 49.0 Å². The van der Waals surface area contributed by atoms with Gasteiger partial charge < -0.3 is 15.4 Å². The monoisotopic (exact) mass is 431 g/mol. The van der Waals surface area contributed by atoms with Gasteiger partial charge in [-0.05, 0) is 40.4 Å². The third kappa shape index (κ3) is 4.62. The molecular weight excluding hydrogens is 406 g/mol. The molecule has 1 heterocycles. The number of benzene rings is 2. The molecule has 2 N–H and O–H groups in total. The topological polar surface area (TPSA) is 58.8 Å². The number of hydrogen-bond acceptors (Lipinski definition) is 4. The SMILES string of the molecule is COc1cc(N)c(Br)cc1C(=O)N(C)C1CCN(Cc2ccccc2)CC1. The maximum Gasteiger partial charge on any atom is 0.257 e. The van der Waals surface area contributed by atoms with Crippen molar-refractivity contribution in [2.45, 2.75) is 25.4 Å². The minimum absolute atomic E-state index is 0.0333. The smallest absolute Gasteiger partial charge is 0.257 e. The number of nitrogens with two attached hydrogens (primary N) is 1. The van der Waals surface area contributed by atoms with Crippen LogP contribution in [-0.4, -0.2) is 49.0 Å². The first-order valence-electron chi connectivity index (χ1n) is 9.16. The van der Waals surface area contributed by atoms with Crippen molar-refractivity contribution in [3.63, 3.8) is 0 Å². The van der Waals surface area contributed by atoms with Crippen LogP contribution in [0.3, 0.4) is 0 Å². The van der Waals surface area contributed by atoms with E-state index in [0.717, 1.165) is 32.5 Å². The number of piperidine rings is 1. The van der Waals surface area contributed by atoms with E-state index in [1.807, 2.05) is 18.0 Å². The van der Waals surface area contributed by atoms with Crippen molar-refractivity contribution in [2.75, 3.05) is 33.0 Å². The molecule has 27 heavy (non-hydrogen) atoms. The Balaban J connectivity index is 1.63. The third-order valence-electron chi connectivity index (χ3n) is 5.22. The van der Waals surface area contributed by atoms with Gasteiger partial charge >= 0.3 is 0 Å². The number of amides is 1. The Morgan fingerprint density at radius 3 is 2.56 bits per heavy atom. The van der Waals surface area contributed by atoms with Gasteiger partial charge in [0.05, 0.1) is 12.7 Å². The van der Waals surface area contributed by atoms with Crippen LogP contribution in [0.5, 0.6) is 5.75 Å². The number of anilines is 1. The predicted molar refractivity (Wildman–Crippen MR) is 112 cm³/mol. The molecule has 2 aromatic carbocycles. The number of nitrogens with zero attached hydrogens (tertiary/aromatic N) is 2. The molecule has 0 spiro atoms. The van der Waals surface area contributed by atoms with Crippen molar-refractivity contribution in [3.8, 4) is 5.75 Å². The van der Waals surface area contributed by atoms with E-state index < -0.39 is 0 Å². The normalized spacial score (nSPS) is 15.5. The maximum absolute atomic E-state index is 13.0. The van der Waals surface area contributed by atoms with E-state index in [1.54, 1.807) is 19.2 Å². The van der Waals surface area contributed by atoms with Crippen molar-refractivity contribution in [3.05, 3.63) is 58.1 Å². The fraction of sp³-hybridized carbons (Fsp3) is 0.381. The van der Waals surface area contributed by atoms with Crippen LogP contribution < -0.4 is 10.5 Å². The Kier molecular flexibility index (Phi) is 6.39. The standard InChI is InChI=1S/C21H26BrN3O2/c1-24(21(26)17-12-18(22)19(23)13-20(17)27-2)16-8-10-25(11-9-16)14-15-6-4-3-5-7-15/h3-7,12-13,16H,8-11,14,23H2,1-2H3. The van der Waals surface area contributed by atoms with Crippen LogP contribution in [0, 0.1) is 0 Å². The molecule has 6 heteroatoms. The lowest BCUT2D eigenvalue weighted by atomic mass is 10.0. The summed E-state index contributed by atoms with van der Waals surface area (Å²) in [5, 5.41) is 0. The summed E-state index contributed by atoms with van der Waals surface area (Å²) in [4.78, 5) is 17.3. The van der Waals surface area contributed by atoms with Crippen LogP contribution in [-0.2, 0) is 6.54 Å². The number of halogens is 1. The number of nitrogen functional groups attached to an aromatic ring is 1. The van der Waals surface area contributed by atoms with Gasteiger partial charge in [0.1, 0.15) is 5.75 Å². The lowest BCUT2D eigenvalue weighted by Gasteiger charge is -2.37. The fourth-order valence-corrected chi connectivity index (χ4v) is 3.91. The van der Waals surface area contributed by atoms with E-state index in [2.05, 4.69) is 45.1 Å². The average Bonchev–Trinajstić information content (AvgIpc) is 2.70. The Morgan fingerprint density at radius 1 is 1.26 bits per heavy atom. The zero-order valence-corrected chi connectivity index (χ0v) is 17.4. The van der Waals surface area contributed by atoms with E-state index in [-0.39, 0.29) is 11.9 Å². The first-order valence-corrected chi connectivity index (χ1v) is 9.95. The third-order valence-corrected chi connectivity index (χ3v) is 5.91. The number of carbonyl (C=O) groups excluding carboxylic acids is 1. The summed E-state index contributed by atoms with van der Waals surface area (Å²) in [5.41, 5.74) is 8.33. The number of rotatable bonds is 5. The van der Waals surface area contributed by atoms with Gasteiger partial charge in [-0.2, -0.15) is 0 Å². The molecule has 1 aliphatic heterocycles. The van der Waals surface area contributed by atoms with Crippen LogP contribution in [0.1, 0.15) is 28.8 Å². The summed E-state index contributed by atoms with van der Waals surface area (Å²) in [7, 11) is 3.44. The number of ether oxygens (including phenoxy) is 1. The van der Waals surface area contributed by atoms with Gasteiger partial charge in [-0.3, -0.25) is 9.69 Å². The van der Waals surface area contributed by atoms with Crippen molar-refractivity contribution in [1.82, 2.24) is 9.80 Å². The Morgan fingerprint density at radius 2 is 1.93 bits per heavy atom. The lowest BCUT2D eigenvalue weighted by molar-refractivity contribution is 0.0633. The van der Waals surface area contributed by atoms with E-state index in [0.29, 0.717) is 21.5 Å². The van der Waals surface area contributed by atoms with Crippen LogP contribution >= 0.6 is 15.9 Å². The highest BCUT2D eigenvalue weighted by molar-refractivity contribution is 9.10. The van der Waals surface area contributed by atoms with Crippen molar-refractivity contribution < 1.29 is 9.53 Å². The van der Waals surface area contributed by atoms with Crippen molar-refractivity contribution >= 4 is 27.5 Å². The molecule has 1 fully saturated rings. The molecule has 144 valence electrons. The molecule has 0 unspecified atom stereocenters. The van der Waals surface area contributed by atoms with Crippen LogP contribution in [0.25, 0.3) is 0 Å². The quantitative estimate of drug-likeness (QED) is 0.731. The fourth-order valence-electron chi connectivity index (χ4n) is 3.57. The van der Waals surface area contributed by atoms with E-state index in [9.17, 15) is 4.79 Å². The Labute approximate surface area is 169 Å². The highest BCUT2D eigenvalue weighted by Crippen LogP contribution is 2.31. The number of methoxy groups -OCH3 is 1. The predicted octanol–water partition coefficient (Wildman–Crippen LogP) is 3.78. The van der Waals surface area contributed by atoms with Gasteiger partial charge in [-0.25, -0.2) is 0 Å². The van der Waals surface area contributed by atoms with Gasteiger partial charge in [-0.1, -0.05) is 30.3 Å². The van der Waals surface area contributed by atoms with Crippen LogP contribution in [0.15, 0.2) is 46.9 Å². The molecule has 0 atom stereocenters. The van der Waals surface area contributed by atoms with Crippen LogP contribution in [0.4, 0.5) is 5.69 Å². The summed E-state index contributed by atoms with van der Waals surface area (Å²) >= 11 is 3.40. The largest absolute Gasteiger partial charge is 0.496 e. The molecule has 1 saturated heterocycles. The first-order chi connectivity index (χ1) is 13.0. The Bertz CT molecular complexity index is 790. The molecule has 0 aliphatic carbocycles. The molecule has 0 aromatic heterocycles. The van der Waals surface area contributed by atoms with E-state index in [4.69, 9.17) is 10.5 Å². The molecule has 1 aliphatic rings. The second-order valence-corrected chi connectivity index (χ2v) is 7.84. The van der Waals surface area contributed by atoms with Gasteiger partial charge in [0.15, 0.2) is 0 Å². The molecule has 0 saturated carbocycles. The minimum atomic E-state index is -0.0333. The number of hydrogen-bond donors (Lipinski definition) is 1.